The van der Waals surface area contributed by atoms with E-state index in [9.17, 15) is 0 Å². The highest BCUT2D eigenvalue weighted by Gasteiger charge is 2.28. The first-order valence-electron chi connectivity index (χ1n) is 8.61. The Morgan fingerprint density at radius 3 is 2.44 bits per heavy atom. The van der Waals surface area contributed by atoms with Crippen LogP contribution in [0.2, 0.25) is 5.02 Å². The van der Waals surface area contributed by atoms with Crippen LogP contribution in [0, 0.1) is 0 Å². The number of fused-ring (bicyclic) bond motifs is 5. The minimum Gasteiger partial charge on any atom is -0.190 e. The number of aryl methyl sites for hydroxylation is 1. The second-order valence-electron chi connectivity index (χ2n) is 6.53. The largest absolute Gasteiger partial charge is 0.221 e. The van der Waals surface area contributed by atoms with E-state index in [2.05, 4.69) is 71.3 Å². The summed E-state index contributed by atoms with van der Waals surface area (Å²) in [4.78, 5) is 0. The third-order valence-electron chi connectivity index (χ3n) is 5.09. The summed E-state index contributed by atoms with van der Waals surface area (Å²) in [5.41, 5.74) is 6.56. The topological polar surface area (TPSA) is 3.88 Å². The average Bonchev–Trinajstić information content (AvgIpc) is 2.67. The molecule has 4 aromatic rings. The second kappa shape index (κ2) is 5.72. The molecule has 1 nitrogen and oxygen atoms in total. The van der Waals surface area contributed by atoms with E-state index >= 15 is 0 Å². The maximum Gasteiger partial charge on any atom is 0.221 e. The van der Waals surface area contributed by atoms with Crippen LogP contribution in [0.5, 0.6) is 0 Å². The first-order valence-corrected chi connectivity index (χ1v) is 8.99. The van der Waals surface area contributed by atoms with Crippen LogP contribution in [0.4, 0.5) is 0 Å². The van der Waals surface area contributed by atoms with Crippen LogP contribution in [0.25, 0.3) is 33.3 Å². The average molecular weight is 343 g/mol. The third kappa shape index (κ3) is 2.35. The van der Waals surface area contributed by atoms with Crippen molar-refractivity contribution in [3.8, 4) is 22.5 Å². The zero-order valence-corrected chi connectivity index (χ0v) is 14.5. The Kier molecular flexibility index (Phi) is 3.36. The molecular weight excluding hydrogens is 326 g/mol. The molecule has 5 rings (SSSR count). The van der Waals surface area contributed by atoms with Gasteiger partial charge in [0.05, 0.1) is 10.9 Å². The van der Waals surface area contributed by atoms with Crippen molar-refractivity contribution < 1.29 is 4.57 Å². The van der Waals surface area contributed by atoms with Crippen molar-refractivity contribution in [2.24, 2.45) is 0 Å². The summed E-state index contributed by atoms with van der Waals surface area (Å²) in [5.74, 6) is 0. The lowest BCUT2D eigenvalue weighted by molar-refractivity contribution is -0.675. The second-order valence-corrected chi connectivity index (χ2v) is 6.97. The first-order chi connectivity index (χ1) is 12.3. The fourth-order valence-corrected chi connectivity index (χ4v) is 4.04. The molecule has 1 aromatic heterocycles. The zero-order chi connectivity index (χ0) is 16.8. The highest BCUT2D eigenvalue weighted by atomic mass is 35.5. The standard InChI is InChI=1S/C23H17ClN/c24-19-11-9-17(10-12-19)22-15-18-6-2-4-8-21(18)23-20-7-3-1-5-16(20)13-14-25(22)23/h1-12,15H,13-14H2/q+1. The van der Waals surface area contributed by atoms with Gasteiger partial charge in [-0.1, -0.05) is 48.0 Å². The number of benzene rings is 3. The van der Waals surface area contributed by atoms with E-state index in [4.69, 9.17) is 11.6 Å². The molecule has 0 saturated carbocycles. The monoisotopic (exact) mass is 342 g/mol. The van der Waals surface area contributed by atoms with Crippen molar-refractivity contribution in [3.63, 3.8) is 0 Å². The quantitative estimate of drug-likeness (QED) is 0.392. The van der Waals surface area contributed by atoms with E-state index in [-0.39, 0.29) is 0 Å². The fraction of sp³-hybridized carbons (Fsp3) is 0.0870. The van der Waals surface area contributed by atoms with Crippen LogP contribution in [0.3, 0.4) is 0 Å². The number of pyridine rings is 1. The Hall–Kier alpha value is -2.64. The molecule has 0 fully saturated rings. The predicted octanol–water partition coefficient (Wildman–Crippen LogP) is 5.67. The molecule has 0 bridgehead atoms. The number of aromatic nitrogens is 1. The van der Waals surface area contributed by atoms with Gasteiger partial charge in [0.2, 0.25) is 11.4 Å². The molecule has 2 heteroatoms. The van der Waals surface area contributed by atoms with Crippen LogP contribution in [-0.2, 0) is 13.0 Å². The number of hydrogen-bond acceptors (Lipinski definition) is 0. The molecule has 0 unspecified atom stereocenters. The van der Waals surface area contributed by atoms with E-state index in [1.807, 2.05) is 12.1 Å². The van der Waals surface area contributed by atoms with E-state index < -0.39 is 0 Å². The van der Waals surface area contributed by atoms with Gasteiger partial charge in [0.1, 0.15) is 0 Å². The molecule has 0 spiro atoms. The molecule has 0 atom stereocenters. The summed E-state index contributed by atoms with van der Waals surface area (Å²) < 4.78 is 2.47. The van der Waals surface area contributed by atoms with Gasteiger partial charge in [-0.2, -0.15) is 4.57 Å². The Bertz CT molecular complexity index is 1100. The van der Waals surface area contributed by atoms with E-state index in [0.717, 1.165) is 18.0 Å². The van der Waals surface area contributed by atoms with Gasteiger partial charge in [-0.3, -0.25) is 0 Å². The maximum absolute atomic E-state index is 6.10. The number of hydrogen-bond donors (Lipinski definition) is 0. The molecule has 0 radical (unpaired) electrons. The maximum atomic E-state index is 6.10. The highest BCUT2D eigenvalue weighted by molar-refractivity contribution is 6.30. The van der Waals surface area contributed by atoms with Crippen LogP contribution >= 0.6 is 11.6 Å². The molecule has 0 amide bonds. The zero-order valence-electron chi connectivity index (χ0n) is 13.7. The number of halogens is 1. The lowest BCUT2D eigenvalue weighted by Gasteiger charge is -2.19. The van der Waals surface area contributed by atoms with Crippen LogP contribution in [0.15, 0.2) is 78.9 Å². The third-order valence-corrected chi connectivity index (χ3v) is 5.34. The first kappa shape index (κ1) is 14.7. The summed E-state index contributed by atoms with van der Waals surface area (Å²) in [6.07, 6.45) is 1.06. The SMILES string of the molecule is Clc1ccc(-c2cc3ccccc3c3[n+]2CCc2ccccc2-3)cc1. The Morgan fingerprint density at radius 2 is 1.56 bits per heavy atom. The molecule has 1 aliphatic heterocycles. The number of rotatable bonds is 1. The van der Waals surface area contributed by atoms with Gasteiger partial charge >= 0.3 is 0 Å². The molecule has 2 heterocycles. The van der Waals surface area contributed by atoms with Gasteiger partial charge in [-0.25, -0.2) is 0 Å². The Labute approximate surface area is 152 Å². The summed E-state index contributed by atoms with van der Waals surface area (Å²) in [5, 5.41) is 3.36. The van der Waals surface area contributed by atoms with E-state index in [1.54, 1.807) is 0 Å². The highest BCUT2D eigenvalue weighted by Crippen LogP contribution is 2.34. The van der Waals surface area contributed by atoms with Crippen molar-refractivity contribution in [2.75, 3.05) is 0 Å². The summed E-state index contributed by atoms with van der Waals surface area (Å²) in [7, 11) is 0. The van der Waals surface area contributed by atoms with Gasteiger partial charge < -0.3 is 0 Å². The molecule has 1 aliphatic rings. The van der Waals surface area contributed by atoms with E-state index in [1.165, 1.54) is 38.9 Å². The van der Waals surface area contributed by atoms with Crippen molar-refractivity contribution in [1.29, 1.82) is 0 Å². The molecule has 3 aromatic carbocycles. The van der Waals surface area contributed by atoms with Crippen molar-refractivity contribution in [2.45, 2.75) is 13.0 Å². The van der Waals surface area contributed by atoms with Crippen LogP contribution in [-0.4, -0.2) is 0 Å². The van der Waals surface area contributed by atoms with Crippen molar-refractivity contribution >= 4 is 22.4 Å². The summed E-state index contributed by atoms with van der Waals surface area (Å²) in [6, 6.07) is 27.9. The minimum absolute atomic E-state index is 0.772. The fourth-order valence-electron chi connectivity index (χ4n) is 3.91. The molecule has 120 valence electrons. The minimum atomic E-state index is 0.772. The van der Waals surface area contributed by atoms with Crippen molar-refractivity contribution in [3.05, 3.63) is 89.4 Å². The van der Waals surface area contributed by atoms with Crippen molar-refractivity contribution in [1.82, 2.24) is 0 Å². The predicted molar refractivity (Wildman–Crippen MR) is 104 cm³/mol. The number of nitrogens with zero attached hydrogens (tertiary/aromatic N) is 1. The molecule has 0 N–H and O–H groups in total. The molecule has 0 saturated heterocycles. The lowest BCUT2D eigenvalue weighted by Crippen LogP contribution is -2.42. The smallest absolute Gasteiger partial charge is 0.190 e. The molecular formula is C23H17ClN+. The van der Waals surface area contributed by atoms with Gasteiger partial charge in [-0.15, -0.1) is 0 Å². The van der Waals surface area contributed by atoms with E-state index in [0.29, 0.717) is 0 Å². The van der Waals surface area contributed by atoms with Gasteiger partial charge in [0.15, 0.2) is 6.54 Å². The summed E-state index contributed by atoms with van der Waals surface area (Å²) in [6.45, 7) is 0.995. The molecule has 0 aliphatic carbocycles. The van der Waals surface area contributed by atoms with Gasteiger partial charge in [0, 0.05) is 23.1 Å². The lowest BCUT2D eigenvalue weighted by atomic mass is 9.92. The Balaban J connectivity index is 1.89. The van der Waals surface area contributed by atoms with Crippen LogP contribution in [0.1, 0.15) is 5.56 Å². The normalized spacial score (nSPS) is 12.7. The van der Waals surface area contributed by atoms with Gasteiger partial charge in [-0.05, 0) is 47.3 Å². The van der Waals surface area contributed by atoms with Crippen LogP contribution < -0.4 is 4.57 Å². The Morgan fingerprint density at radius 1 is 0.800 bits per heavy atom. The molecule has 25 heavy (non-hydrogen) atoms. The van der Waals surface area contributed by atoms with Gasteiger partial charge in [0.25, 0.3) is 0 Å². The summed E-state index contributed by atoms with van der Waals surface area (Å²) >= 11 is 6.10.